The van der Waals surface area contributed by atoms with Crippen molar-refractivity contribution >= 4 is 5.71 Å². The largest absolute Gasteiger partial charge is 0.391 e. The molecule has 0 saturated carbocycles. The van der Waals surface area contributed by atoms with Crippen molar-refractivity contribution in [2.75, 3.05) is 6.61 Å². The molecule has 4 heteroatoms. The number of nitrogens with zero attached hydrogens (tertiary/aromatic N) is 2. The highest BCUT2D eigenvalue weighted by molar-refractivity contribution is 6.01. The van der Waals surface area contributed by atoms with Gasteiger partial charge >= 0.3 is 0 Å². The van der Waals surface area contributed by atoms with Gasteiger partial charge in [-0.25, -0.2) is 4.39 Å². The first-order valence-corrected chi connectivity index (χ1v) is 8.84. The molecule has 0 amide bonds. The van der Waals surface area contributed by atoms with Gasteiger partial charge in [0.25, 0.3) is 0 Å². The summed E-state index contributed by atoms with van der Waals surface area (Å²) in [5.41, 5.74) is 6.95. The molecule has 0 atom stereocenters. The predicted molar refractivity (Wildman–Crippen MR) is 109 cm³/mol. The average Bonchev–Trinajstić information content (AvgIpc) is 3.00. The van der Waals surface area contributed by atoms with Crippen molar-refractivity contribution in [3.8, 4) is 16.9 Å². The Labute approximate surface area is 159 Å². The van der Waals surface area contributed by atoms with E-state index in [0.29, 0.717) is 6.61 Å². The van der Waals surface area contributed by atoms with Gasteiger partial charge in [-0.05, 0) is 74.4 Å². The van der Waals surface area contributed by atoms with E-state index in [1.165, 1.54) is 17.7 Å². The van der Waals surface area contributed by atoms with Crippen LogP contribution in [0.25, 0.3) is 16.9 Å². The summed E-state index contributed by atoms with van der Waals surface area (Å²) in [7, 11) is 0. The Hall–Kier alpha value is -3.14. The quantitative estimate of drug-likeness (QED) is 0.235. The van der Waals surface area contributed by atoms with Crippen molar-refractivity contribution in [3.63, 3.8) is 0 Å². The molecular weight excluding hydrogens is 339 g/mol. The molecule has 3 nitrogen and oxygen atoms in total. The third kappa shape index (κ3) is 4.00. The van der Waals surface area contributed by atoms with E-state index in [1.54, 1.807) is 18.2 Å². The Balaban J connectivity index is 2.18. The lowest BCUT2D eigenvalue weighted by molar-refractivity contribution is 0.175. The van der Waals surface area contributed by atoms with Crippen LogP contribution in [0.15, 0.2) is 72.4 Å². The molecule has 0 spiro atoms. The van der Waals surface area contributed by atoms with E-state index in [-0.39, 0.29) is 5.82 Å². The smallest absolute Gasteiger partial charge is 0.135 e. The number of hydrogen-bond donors (Lipinski definition) is 0. The van der Waals surface area contributed by atoms with Gasteiger partial charge in [-0.1, -0.05) is 29.9 Å². The maximum Gasteiger partial charge on any atom is 0.135 e. The molecular formula is C23H23FN2O. The number of aryl methyl sites for hydroxylation is 1. The van der Waals surface area contributed by atoms with Crippen LogP contribution in [-0.2, 0) is 4.84 Å². The lowest BCUT2D eigenvalue weighted by Crippen LogP contribution is -2.03. The third-order valence-electron chi connectivity index (χ3n) is 4.43. The fourth-order valence-electron chi connectivity index (χ4n) is 3.14. The summed E-state index contributed by atoms with van der Waals surface area (Å²) in [5, 5.41) is 4.19. The highest BCUT2D eigenvalue weighted by Crippen LogP contribution is 2.30. The first kappa shape index (κ1) is 18.6. The highest BCUT2D eigenvalue weighted by Gasteiger charge is 2.17. The zero-order chi connectivity index (χ0) is 19.4. The molecule has 2 aromatic carbocycles. The second kappa shape index (κ2) is 8.04. The van der Waals surface area contributed by atoms with Crippen LogP contribution in [0.3, 0.4) is 0 Å². The minimum Gasteiger partial charge on any atom is -0.391 e. The summed E-state index contributed by atoms with van der Waals surface area (Å²) in [6.07, 6.45) is 1.66. The molecule has 138 valence electrons. The minimum absolute atomic E-state index is 0.250. The number of oxime groups is 1. The molecule has 0 fully saturated rings. The molecule has 0 N–H and O–H groups in total. The second-order valence-electron chi connectivity index (χ2n) is 6.47. The van der Waals surface area contributed by atoms with Crippen LogP contribution in [-0.4, -0.2) is 16.9 Å². The first-order chi connectivity index (χ1) is 13.0. The number of rotatable bonds is 6. The summed E-state index contributed by atoms with van der Waals surface area (Å²) in [5.74, 6) is -0.250. The Morgan fingerprint density at radius 3 is 2.56 bits per heavy atom. The molecule has 0 aliphatic heterocycles. The summed E-state index contributed by atoms with van der Waals surface area (Å²) in [6.45, 7) is 10.0. The molecule has 0 bridgehead atoms. The summed E-state index contributed by atoms with van der Waals surface area (Å²) < 4.78 is 15.6. The Morgan fingerprint density at radius 1 is 1.15 bits per heavy atom. The van der Waals surface area contributed by atoms with Crippen molar-refractivity contribution in [1.82, 2.24) is 4.57 Å². The summed E-state index contributed by atoms with van der Waals surface area (Å²) in [4.78, 5) is 5.26. The van der Waals surface area contributed by atoms with Crippen LogP contribution < -0.4 is 0 Å². The number of benzene rings is 2. The number of aromatic nitrogens is 1. The van der Waals surface area contributed by atoms with Gasteiger partial charge < -0.3 is 9.40 Å². The maximum atomic E-state index is 13.4. The molecule has 27 heavy (non-hydrogen) atoms. The SMILES string of the molecule is C=CCO/N=C(\C)c1cc(-c2ccc(F)cc2)n(-c2cccc(C)c2)c1C. The van der Waals surface area contributed by atoms with E-state index >= 15 is 0 Å². The van der Waals surface area contributed by atoms with Gasteiger partial charge in [0.05, 0.1) is 11.4 Å². The molecule has 3 aromatic rings. The number of hydrogen-bond acceptors (Lipinski definition) is 2. The maximum absolute atomic E-state index is 13.4. The van der Waals surface area contributed by atoms with Crippen molar-refractivity contribution in [2.45, 2.75) is 20.8 Å². The third-order valence-corrected chi connectivity index (χ3v) is 4.43. The Morgan fingerprint density at radius 2 is 1.89 bits per heavy atom. The van der Waals surface area contributed by atoms with Crippen LogP contribution >= 0.6 is 0 Å². The average molecular weight is 362 g/mol. The van der Waals surface area contributed by atoms with Crippen LogP contribution in [0.5, 0.6) is 0 Å². The van der Waals surface area contributed by atoms with Crippen LogP contribution in [0, 0.1) is 19.7 Å². The predicted octanol–water partition coefficient (Wildman–Crippen LogP) is 5.83. The van der Waals surface area contributed by atoms with Crippen molar-refractivity contribution in [2.24, 2.45) is 5.16 Å². The lowest BCUT2D eigenvalue weighted by Gasteiger charge is -2.13. The van der Waals surface area contributed by atoms with Gasteiger partial charge in [-0.15, -0.1) is 0 Å². The zero-order valence-corrected chi connectivity index (χ0v) is 15.9. The fourth-order valence-corrected chi connectivity index (χ4v) is 3.14. The number of halogens is 1. The van der Waals surface area contributed by atoms with E-state index in [1.807, 2.05) is 13.0 Å². The van der Waals surface area contributed by atoms with Crippen molar-refractivity contribution in [1.29, 1.82) is 0 Å². The van der Waals surface area contributed by atoms with Crippen molar-refractivity contribution < 1.29 is 9.23 Å². The van der Waals surface area contributed by atoms with Gasteiger partial charge in [-0.3, -0.25) is 0 Å². The van der Waals surface area contributed by atoms with Gasteiger partial charge in [-0.2, -0.15) is 0 Å². The summed E-state index contributed by atoms with van der Waals surface area (Å²) in [6, 6.07) is 16.9. The van der Waals surface area contributed by atoms with Crippen LogP contribution in [0.1, 0.15) is 23.7 Å². The molecule has 0 radical (unpaired) electrons. The van der Waals surface area contributed by atoms with Gasteiger partial charge in [0.15, 0.2) is 0 Å². The van der Waals surface area contributed by atoms with Gasteiger partial charge in [0.1, 0.15) is 12.4 Å². The van der Waals surface area contributed by atoms with Crippen LogP contribution in [0.2, 0.25) is 0 Å². The molecule has 1 aromatic heterocycles. The Kier molecular flexibility index (Phi) is 5.55. The van der Waals surface area contributed by atoms with E-state index in [4.69, 9.17) is 4.84 Å². The van der Waals surface area contributed by atoms with E-state index < -0.39 is 0 Å². The highest BCUT2D eigenvalue weighted by atomic mass is 19.1. The topological polar surface area (TPSA) is 26.5 Å². The van der Waals surface area contributed by atoms with E-state index in [2.05, 4.69) is 54.4 Å². The molecule has 0 aliphatic carbocycles. The molecule has 0 aliphatic rings. The van der Waals surface area contributed by atoms with Crippen LogP contribution in [0.4, 0.5) is 4.39 Å². The fraction of sp³-hybridized carbons (Fsp3) is 0.174. The minimum atomic E-state index is -0.250. The van der Waals surface area contributed by atoms with Crippen molar-refractivity contribution in [3.05, 3.63) is 89.9 Å². The Bertz CT molecular complexity index is 984. The normalized spacial score (nSPS) is 11.5. The van der Waals surface area contributed by atoms with Gasteiger partial charge in [0, 0.05) is 16.9 Å². The van der Waals surface area contributed by atoms with E-state index in [0.717, 1.165) is 33.9 Å². The molecule has 0 saturated heterocycles. The summed E-state index contributed by atoms with van der Waals surface area (Å²) >= 11 is 0. The lowest BCUT2D eigenvalue weighted by atomic mass is 10.1. The van der Waals surface area contributed by atoms with Gasteiger partial charge in [0.2, 0.25) is 0 Å². The van der Waals surface area contributed by atoms with E-state index in [9.17, 15) is 4.39 Å². The molecule has 3 rings (SSSR count). The zero-order valence-electron chi connectivity index (χ0n) is 15.9. The monoisotopic (exact) mass is 362 g/mol. The molecule has 0 unspecified atom stereocenters. The second-order valence-corrected chi connectivity index (χ2v) is 6.47. The standard InChI is InChI=1S/C23H23FN2O/c1-5-13-27-25-17(3)22-15-23(19-9-11-20(24)12-10-19)26(18(22)4)21-8-6-7-16(2)14-21/h5-12,14-15H,1,13H2,2-4H3/b25-17+. The first-order valence-electron chi connectivity index (χ1n) is 8.84. The molecule has 1 heterocycles.